The summed E-state index contributed by atoms with van der Waals surface area (Å²) >= 11 is 0. The minimum absolute atomic E-state index is 0.0651. The molecule has 45 heavy (non-hydrogen) atoms. The molecule has 1 atom stereocenters. The lowest BCUT2D eigenvalue weighted by Crippen LogP contribution is -2.53. The zero-order valence-corrected chi connectivity index (χ0v) is 27.0. The van der Waals surface area contributed by atoms with Gasteiger partial charge in [-0.15, -0.1) is 0 Å². The fourth-order valence-corrected chi connectivity index (χ4v) is 6.52. The zero-order valence-electron chi connectivity index (χ0n) is 26.2. The molecule has 0 fully saturated rings. The normalized spacial score (nSPS) is 11.9. The lowest BCUT2D eigenvalue weighted by molar-refractivity contribution is -0.140. The summed E-state index contributed by atoms with van der Waals surface area (Å²) in [6, 6.07) is 31.0. The number of ether oxygens (including phenoxy) is 1. The lowest BCUT2D eigenvalue weighted by atomic mass is 10.0. The highest BCUT2D eigenvalue weighted by molar-refractivity contribution is 7.92. The van der Waals surface area contributed by atoms with Gasteiger partial charge in [-0.2, -0.15) is 0 Å². The Balaban J connectivity index is 1.81. The van der Waals surface area contributed by atoms with Crippen molar-refractivity contribution in [2.24, 2.45) is 5.92 Å². The first-order chi connectivity index (χ1) is 21.6. The Labute approximate surface area is 266 Å². The molecular weight excluding hydrogens is 586 g/mol. The van der Waals surface area contributed by atoms with E-state index in [9.17, 15) is 18.0 Å². The number of anilines is 1. The second-order valence-corrected chi connectivity index (χ2v) is 13.2. The Kier molecular flexibility index (Phi) is 11.4. The Morgan fingerprint density at radius 1 is 0.822 bits per heavy atom. The van der Waals surface area contributed by atoms with Crippen LogP contribution in [0.2, 0.25) is 0 Å². The third kappa shape index (κ3) is 8.73. The summed E-state index contributed by atoms with van der Waals surface area (Å²) in [5, 5.41) is 3.01. The maximum absolute atomic E-state index is 14.6. The number of hydrogen-bond donors (Lipinski definition) is 1. The SMILES string of the molecule is COc1cccc(CN(C(=O)CN(c2ccccc2C)S(=O)(=O)c2ccccc2)[C@@H](Cc2ccccc2)C(=O)NCC(C)C)c1. The predicted molar refractivity (Wildman–Crippen MR) is 177 cm³/mol. The molecule has 0 saturated carbocycles. The van der Waals surface area contributed by atoms with Crippen LogP contribution in [0.4, 0.5) is 5.69 Å². The van der Waals surface area contributed by atoms with Crippen LogP contribution in [0.15, 0.2) is 114 Å². The second kappa shape index (κ2) is 15.4. The molecule has 8 nitrogen and oxygen atoms in total. The van der Waals surface area contributed by atoms with Crippen molar-refractivity contribution < 1.29 is 22.7 Å². The molecule has 0 aliphatic rings. The molecule has 0 aliphatic carbocycles. The number of carbonyl (C=O) groups excluding carboxylic acids is 2. The van der Waals surface area contributed by atoms with Crippen molar-refractivity contribution >= 4 is 27.5 Å². The van der Waals surface area contributed by atoms with Crippen molar-refractivity contribution in [2.45, 2.75) is 44.7 Å². The maximum atomic E-state index is 14.6. The fourth-order valence-electron chi connectivity index (χ4n) is 5.02. The first-order valence-corrected chi connectivity index (χ1v) is 16.4. The molecule has 1 N–H and O–H groups in total. The maximum Gasteiger partial charge on any atom is 0.264 e. The van der Waals surface area contributed by atoms with Crippen molar-refractivity contribution in [3.63, 3.8) is 0 Å². The van der Waals surface area contributed by atoms with E-state index in [2.05, 4.69) is 5.32 Å². The van der Waals surface area contributed by atoms with E-state index in [1.807, 2.05) is 68.4 Å². The Morgan fingerprint density at radius 2 is 1.44 bits per heavy atom. The van der Waals surface area contributed by atoms with Crippen LogP contribution in [0, 0.1) is 12.8 Å². The van der Waals surface area contributed by atoms with Gasteiger partial charge in [-0.3, -0.25) is 13.9 Å². The second-order valence-electron chi connectivity index (χ2n) is 11.3. The Morgan fingerprint density at radius 3 is 2.09 bits per heavy atom. The van der Waals surface area contributed by atoms with Crippen LogP contribution in [0.25, 0.3) is 0 Å². The molecule has 0 saturated heterocycles. The largest absolute Gasteiger partial charge is 0.497 e. The van der Waals surface area contributed by atoms with Gasteiger partial charge < -0.3 is 15.0 Å². The Bertz CT molecular complexity index is 1680. The van der Waals surface area contributed by atoms with Crippen molar-refractivity contribution in [1.82, 2.24) is 10.2 Å². The number of sulfonamides is 1. The first-order valence-electron chi connectivity index (χ1n) is 15.0. The summed E-state index contributed by atoms with van der Waals surface area (Å²) in [5.74, 6) is -0.0169. The monoisotopic (exact) mass is 627 g/mol. The Hall–Kier alpha value is -4.63. The van der Waals surface area contributed by atoms with Crippen LogP contribution in [-0.2, 0) is 32.6 Å². The molecule has 0 radical (unpaired) electrons. The molecular formula is C36H41N3O5S. The molecule has 0 unspecified atom stereocenters. The van der Waals surface area contributed by atoms with E-state index >= 15 is 0 Å². The lowest BCUT2D eigenvalue weighted by Gasteiger charge is -2.34. The first kappa shape index (κ1) is 33.3. The summed E-state index contributed by atoms with van der Waals surface area (Å²) in [5.41, 5.74) is 2.70. The quantitative estimate of drug-likeness (QED) is 0.196. The number of para-hydroxylation sites is 1. The summed E-state index contributed by atoms with van der Waals surface area (Å²) in [4.78, 5) is 30.0. The minimum atomic E-state index is -4.15. The summed E-state index contributed by atoms with van der Waals surface area (Å²) in [7, 11) is -2.59. The van der Waals surface area contributed by atoms with Crippen LogP contribution in [0.3, 0.4) is 0 Å². The van der Waals surface area contributed by atoms with E-state index in [1.54, 1.807) is 56.5 Å². The summed E-state index contributed by atoms with van der Waals surface area (Å²) in [6.07, 6.45) is 0.246. The molecule has 0 heterocycles. The van der Waals surface area contributed by atoms with E-state index in [-0.39, 0.29) is 29.7 Å². The number of nitrogens with one attached hydrogen (secondary N) is 1. The molecule has 9 heteroatoms. The van der Waals surface area contributed by atoms with Crippen LogP contribution < -0.4 is 14.4 Å². The topological polar surface area (TPSA) is 96.0 Å². The molecule has 236 valence electrons. The van der Waals surface area contributed by atoms with E-state index in [4.69, 9.17) is 4.74 Å². The molecule has 0 aliphatic heterocycles. The average molecular weight is 628 g/mol. The van der Waals surface area contributed by atoms with Crippen molar-refractivity contribution in [2.75, 3.05) is 24.5 Å². The van der Waals surface area contributed by atoms with Gasteiger partial charge in [0, 0.05) is 19.5 Å². The zero-order chi connectivity index (χ0) is 32.4. The van der Waals surface area contributed by atoms with Gasteiger partial charge in [-0.25, -0.2) is 8.42 Å². The van der Waals surface area contributed by atoms with Gasteiger partial charge in [0.1, 0.15) is 18.3 Å². The van der Waals surface area contributed by atoms with Gasteiger partial charge in [0.15, 0.2) is 0 Å². The molecule has 0 aromatic heterocycles. The highest BCUT2D eigenvalue weighted by Gasteiger charge is 2.35. The van der Waals surface area contributed by atoms with Crippen molar-refractivity contribution in [3.05, 3.63) is 126 Å². The molecule has 4 rings (SSSR count). The van der Waals surface area contributed by atoms with Gasteiger partial charge in [0.2, 0.25) is 11.8 Å². The van der Waals surface area contributed by atoms with Crippen LogP contribution >= 0.6 is 0 Å². The minimum Gasteiger partial charge on any atom is -0.497 e. The number of nitrogens with zero attached hydrogens (tertiary/aromatic N) is 2. The third-order valence-corrected chi connectivity index (χ3v) is 9.21. The van der Waals surface area contributed by atoms with E-state index in [0.29, 0.717) is 23.5 Å². The van der Waals surface area contributed by atoms with E-state index in [1.165, 1.54) is 17.0 Å². The fraction of sp³-hybridized carbons (Fsp3) is 0.278. The van der Waals surface area contributed by atoms with Crippen LogP contribution in [-0.4, -0.2) is 51.4 Å². The number of amides is 2. The molecule has 2 amide bonds. The highest BCUT2D eigenvalue weighted by atomic mass is 32.2. The highest BCUT2D eigenvalue weighted by Crippen LogP contribution is 2.28. The summed E-state index contributed by atoms with van der Waals surface area (Å²) < 4.78 is 34.8. The number of rotatable bonds is 14. The molecule has 0 bridgehead atoms. The average Bonchev–Trinajstić information content (AvgIpc) is 3.05. The van der Waals surface area contributed by atoms with Crippen LogP contribution in [0.1, 0.15) is 30.5 Å². The number of hydrogen-bond acceptors (Lipinski definition) is 5. The third-order valence-electron chi connectivity index (χ3n) is 7.44. The molecule has 4 aromatic carbocycles. The number of methoxy groups -OCH3 is 1. The van der Waals surface area contributed by atoms with Crippen LogP contribution in [0.5, 0.6) is 5.75 Å². The smallest absolute Gasteiger partial charge is 0.264 e. The van der Waals surface area contributed by atoms with Crippen molar-refractivity contribution in [1.29, 1.82) is 0 Å². The number of benzene rings is 4. The number of aryl methyl sites for hydroxylation is 1. The molecule has 0 spiro atoms. The van der Waals surface area contributed by atoms with Gasteiger partial charge in [0.25, 0.3) is 10.0 Å². The summed E-state index contributed by atoms with van der Waals surface area (Å²) in [6.45, 7) is 5.80. The van der Waals surface area contributed by atoms with E-state index in [0.717, 1.165) is 15.4 Å². The number of carbonyl (C=O) groups is 2. The molecule has 4 aromatic rings. The van der Waals surface area contributed by atoms with Crippen molar-refractivity contribution in [3.8, 4) is 5.75 Å². The van der Waals surface area contributed by atoms with Gasteiger partial charge in [-0.05, 0) is 59.9 Å². The standard InChI is InChI=1S/C36H41N3O5S/c1-27(2)24-37-36(41)34(23-29-15-7-5-8-16-29)38(25-30-17-13-18-31(22-30)44-4)35(40)26-39(33-21-12-11-14-28(33)3)45(42,43)32-19-9-6-10-20-32/h5-22,27,34H,23-26H2,1-4H3,(H,37,41)/t34-/m0/s1. The van der Waals surface area contributed by atoms with E-state index < -0.39 is 28.5 Å². The van der Waals surface area contributed by atoms with Gasteiger partial charge in [-0.1, -0.05) is 92.7 Å². The van der Waals surface area contributed by atoms with Gasteiger partial charge in [0.05, 0.1) is 17.7 Å². The van der Waals surface area contributed by atoms with Gasteiger partial charge >= 0.3 is 0 Å². The predicted octanol–water partition coefficient (Wildman–Crippen LogP) is 5.61.